The number of sulfonamides is 1. The third kappa shape index (κ3) is 8.65. The summed E-state index contributed by atoms with van der Waals surface area (Å²) in [6, 6.07) is 28.0. The highest BCUT2D eigenvalue weighted by molar-refractivity contribution is 9.10. The molecule has 1 unspecified atom stereocenters. The van der Waals surface area contributed by atoms with Gasteiger partial charge in [-0.1, -0.05) is 95.0 Å². The van der Waals surface area contributed by atoms with Crippen molar-refractivity contribution in [1.82, 2.24) is 10.2 Å². The first kappa shape index (κ1) is 35.2. The molecule has 1 aliphatic rings. The first-order chi connectivity index (χ1) is 23.0. The van der Waals surface area contributed by atoms with E-state index >= 15 is 0 Å². The lowest BCUT2D eigenvalue weighted by atomic mass is 10.0. The van der Waals surface area contributed by atoms with E-state index in [-0.39, 0.29) is 35.5 Å². The second-order valence-electron chi connectivity index (χ2n) is 12.3. The number of rotatable bonds is 13. The van der Waals surface area contributed by atoms with Crippen molar-refractivity contribution in [1.29, 1.82) is 0 Å². The van der Waals surface area contributed by atoms with Crippen molar-refractivity contribution < 1.29 is 22.7 Å². The Balaban J connectivity index is 1.60. The number of nitrogens with zero attached hydrogens (tertiary/aromatic N) is 2. The Morgan fingerprint density at radius 2 is 1.52 bits per heavy atom. The topological polar surface area (TPSA) is 96.0 Å². The summed E-state index contributed by atoms with van der Waals surface area (Å²) < 4.78 is 36.4. The van der Waals surface area contributed by atoms with Crippen LogP contribution in [0.25, 0.3) is 0 Å². The van der Waals surface area contributed by atoms with Gasteiger partial charge in [-0.05, 0) is 79.8 Å². The summed E-state index contributed by atoms with van der Waals surface area (Å²) in [5.41, 5.74) is 3.64. The zero-order valence-electron chi connectivity index (χ0n) is 27.6. The minimum absolute atomic E-state index is 0.0374. The zero-order valence-corrected chi connectivity index (χ0v) is 30.0. The van der Waals surface area contributed by atoms with Crippen LogP contribution in [0.1, 0.15) is 47.9 Å². The molecule has 0 bridgehead atoms. The van der Waals surface area contributed by atoms with Crippen molar-refractivity contribution in [2.24, 2.45) is 0 Å². The number of aryl methyl sites for hydroxylation is 2. The maximum Gasteiger partial charge on any atom is 0.264 e. The summed E-state index contributed by atoms with van der Waals surface area (Å²) in [7, 11) is -2.78. The van der Waals surface area contributed by atoms with Crippen LogP contribution in [-0.2, 0) is 32.6 Å². The van der Waals surface area contributed by atoms with E-state index in [4.69, 9.17) is 4.74 Å². The van der Waals surface area contributed by atoms with Crippen molar-refractivity contribution in [3.05, 3.63) is 124 Å². The number of benzene rings is 4. The largest absolute Gasteiger partial charge is 0.495 e. The molecule has 1 atom stereocenters. The SMILES string of the molecule is COc1ccc(C)cc1N(CC(=O)N(Cc1ccc(Br)cc1)C(Cc1ccccc1)C(=O)NC1CCCC1)S(=O)(=O)c1ccc(C)cc1. The van der Waals surface area contributed by atoms with Gasteiger partial charge in [0.25, 0.3) is 10.0 Å². The van der Waals surface area contributed by atoms with E-state index < -0.39 is 28.5 Å². The molecule has 0 heterocycles. The average molecular weight is 733 g/mol. The van der Waals surface area contributed by atoms with Gasteiger partial charge < -0.3 is 15.0 Å². The van der Waals surface area contributed by atoms with Crippen LogP contribution in [0.5, 0.6) is 5.75 Å². The van der Waals surface area contributed by atoms with Gasteiger partial charge in [0.05, 0.1) is 17.7 Å². The highest BCUT2D eigenvalue weighted by Gasteiger charge is 2.36. The van der Waals surface area contributed by atoms with Crippen molar-refractivity contribution >= 4 is 43.5 Å². The molecular weight excluding hydrogens is 690 g/mol. The fraction of sp³-hybridized carbons (Fsp3) is 0.316. The maximum atomic E-state index is 14.8. The van der Waals surface area contributed by atoms with Gasteiger partial charge >= 0.3 is 0 Å². The van der Waals surface area contributed by atoms with Gasteiger partial charge in [0, 0.05) is 23.5 Å². The number of nitrogens with one attached hydrogen (secondary N) is 1. The smallest absolute Gasteiger partial charge is 0.264 e. The predicted octanol–water partition coefficient (Wildman–Crippen LogP) is 6.97. The number of carbonyl (C=O) groups excluding carboxylic acids is 2. The van der Waals surface area contributed by atoms with Crippen LogP contribution in [0.4, 0.5) is 5.69 Å². The Morgan fingerprint density at radius 3 is 2.17 bits per heavy atom. The van der Waals surface area contributed by atoms with Crippen LogP contribution in [-0.4, -0.2) is 50.9 Å². The Labute approximate surface area is 292 Å². The standard InChI is InChI=1S/C38H42BrN3O5S/c1-27-13-20-33(21-14-27)48(45,46)42(34-23-28(2)15-22-36(34)47-3)26-37(43)41(25-30-16-18-31(39)19-17-30)35(24-29-9-5-4-6-10-29)38(44)40-32-11-7-8-12-32/h4-6,9-10,13-23,32,35H,7-8,11-12,24-26H2,1-3H3,(H,40,44). The summed E-state index contributed by atoms with van der Waals surface area (Å²) in [5, 5.41) is 3.21. The number of amides is 2. The summed E-state index contributed by atoms with van der Waals surface area (Å²) >= 11 is 3.48. The summed E-state index contributed by atoms with van der Waals surface area (Å²) in [6.45, 7) is 3.29. The summed E-state index contributed by atoms with van der Waals surface area (Å²) in [6.07, 6.45) is 4.13. The van der Waals surface area contributed by atoms with Gasteiger partial charge in [0.15, 0.2) is 0 Å². The first-order valence-corrected chi connectivity index (χ1v) is 18.4. The molecule has 10 heteroatoms. The van der Waals surface area contributed by atoms with E-state index in [1.807, 2.05) is 74.5 Å². The van der Waals surface area contributed by atoms with Gasteiger partial charge in [0.1, 0.15) is 18.3 Å². The molecule has 4 aromatic carbocycles. The molecule has 252 valence electrons. The highest BCUT2D eigenvalue weighted by atomic mass is 79.9. The van der Waals surface area contributed by atoms with Crippen molar-refractivity contribution in [2.45, 2.75) is 69.5 Å². The minimum atomic E-state index is -4.25. The van der Waals surface area contributed by atoms with Crippen molar-refractivity contribution in [2.75, 3.05) is 18.0 Å². The summed E-state index contributed by atoms with van der Waals surface area (Å²) in [5.74, 6) is -0.458. The number of halogens is 1. The van der Waals surface area contributed by atoms with E-state index in [1.165, 1.54) is 24.1 Å². The molecule has 5 rings (SSSR count). The molecule has 0 aromatic heterocycles. The first-order valence-electron chi connectivity index (χ1n) is 16.2. The Bertz CT molecular complexity index is 1810. The number of hydrogen-bond donors (Lipinski definition) is 1. The second kappa shape index (κ2) is 15.8. The van der Waals surface area contributed by atoms with Gasteiger partial charge in [0.2, 0.25) is 11.8 Å². The lowest BCUT2D eigenvalue weighted by Crippen LogP contribution is -2.54. The van der Waals surface area contributed by atoms with Crippen LogP contribution in [0.15, 0.2) is 106 Å². The van der Waals surface area contributed by atoms with Crippen LogP contribution < -0.4 is 14.4 Å². The van der Waals surface area contributed by atoms with Crippen LogP contribution in [0.2, 0.25) is 0 Å². The number of carbonyl (C=O) groups is 2. The zero-order chi connectivity index (χ0) is 34.3. The monoisotopic (exact) mass is 731 g/mol. The van der Waals surface area contributed by atoms with Gasteiger partial charge in [-0.15, -0.1) is 0 Å². The second-order valence-corrected chi connectivity index (χ2v) is 15.1. The van der Waals surface area contributed by atoms with Gasteiger partial charge in [-0.3, -0.25) is 13.9 Å². The molecule has 4 aromatic rings. The van der Waals surface area contributed by atoms with Crippen LogP contribution >= 0.6 is 15.9 Å². The molecule has 1 N–H and O–H groups in total. The average Bonchev–Trinajstić information content (AvgIpc) is 3.59. The normalized spacial score (nSPS) is 13.9. The Kier molecular flexibility index (Phi) is 11.6. The molecule has 1 saturated carbocycles. The highest BCUT2D eigenvalue weighted by Crippen LogP contribution is 2.34. The van der Waals surface area contributed by atoms with E-state index in [9.17, 15) is 18.0 Å². The lowest BCUT2D eigenvalue weighted by molar-refractivity contribution is -0.140. The molecular formula is C38H42BrN3O5S. The molecule has 48 heavy (non-hydrogen) atoms. The van der Waals surface area contributed by atoms with Crippen molar-refractivity contribution in [3.63, 3.8) is 0 Å². The summed E-state index contributed by atoms with van der Waals surface area (Å²) in [4.78, 5) is 30.5. The Hall–Kier alpha value is -4.15. The Morgan fingerprint density at radius 1 is 0.875 bits per heavy atom. The third-order valence-electron chi connectivity index (χ3n) is 8.73. The fourth-order valence-corrected chi connectivity index (χ4v) is 7.73. The molecule has 1 aliphatic carbocycles. The number of anilines is 1. The minimum Gasteiger partial charge on any atom is -0.495 e. The molecule has 2 amide bonds. The quantitative estimate of drug-likeness (QED) is 0.160. The van der Waals surface area contributed by atoms with E-state index in [2.05, 4.69) is 21.2 Å². The van der Waals surface area contributed by atoms with Crippen LogP contribution in [0.3, 0.4) is 0 Å². The number of methoxy groups -OCH3 is 1. The van der Waals surface area contributed by atoms with Crippen LogP contribution in [0, 0.1) is 13.8 Å². The van der Waals surface area contributed by atoms with Gasteiger partial charge in [-0.2, -0.15) is 0 Å². The predicted molar refractivity (Wildman–Crippen MR) is 192 cm³/mol. The van der Waals surface area contributed by atoms with Crippen molar-refractivity contribution in [3.8, 4) is 5.75 Å². The lowest BCUT2D eigenvalue weighted by Gasteiger charge is -2.34. The molecule has 0 spiro atoms. The molecule has 0 aliphatic heterocycles. The molecule has 0 saturated heterocycles. The number of ether oxygens (including phenoxy) is 1. The molecule has 0 radical (unpaired) electrons. The van der Waals surface area contributed by atoms with E-state index in [0.717, 1.165) is 56.7 Å². The maximum absolute atomic E-state index is 14.8. The molecule has 1 fully saturated rings. The van der Waals surface area contributed by atoms with E-state index in [1.54, 1.807) is 24.3 Å². The van der Waals surface area contributed by atoms with Gasteiger partial charge in [-0.25, -0.2) is 8.42 Å². The number of hydrogen-bond acceptors (Lipinski definition) is 5. The van der Waals surface area contributed by atoms with E-state index in [0.29, 0.717) is 5.75 Å². The molecule has 8 nitrogen and oxygen atoms in total. The third-order valence-corrected chi connectivity index (χ3v) is 11.0. The fourth-order valence-electron chi connectivity index (χ4n) is 6.05.